The van der Waals surface area contributed by atoms with Gasteiger partial charge in [-0.2, -0.15) is 0 Å². The Kier molecular flexibility index (Phi) is 4.77. The number of hydrogen-bond donors (Lipinski definition) is 0. The van der Waals surface area contributed by atoms with Gasteiger partial charge >= 0.3 is 6.09 Å². The van der Waals surface area contributed by atoms with Gasteiger partial charge in [0.15, 0.2) is 0 Å². The number of hydrogen-bond acceptors (Lipinski definition) is 2. The lowest BCUT2D eigenvalue weighted by molar-refractivity contribution is 0.120. The summed E-state index contributed by atoms with van der Waals surface area (Å²) in [5.41, 5.74) is 0. The van der Waals surface area contributed by atoms with Crippen molar-refractivity contribution < 1.29 is 9.53 Å². The van der Waals surface area contributed by atoms with Crippen LogP contribution in [0, 0.1) is 5.92 Å². The molecule has 0 saturated heterocycles. The molecule has 0 aromatic heterocycles. The maximum Gasteiger partial charge on any atom is 0.409 e. The summed E-state index contributed by atoms with van der Waals surface area (Å²) in [6, 6.07) is 0. The maximum atomic E-state index is 11.4. The first-order valence-electron chi connectivity index (χ1n) is 5.60. The van der Waals surface area contributed by atoms with Crippen LogP contribution < -0.4 is 0 Å². The van der Waals surface area contributed by atoms with Crippen molar-refractivity contribution in [2.24, 2.45) is 5.92 Å². The van der Waals surface area contributed by atoms with Crippen LogP contribution in [0.3, 0.4) is 0 Å². The van der Waals surface area contributed by atoms with Crippen molar-refractivity contribution in [3.63, 3.8) is 0 Å². The highest BCUT2D eigenvalue weighted by Crippen LogP contribution is 2.29. The largest absolute Gasteiger partial charge is 0.453 e. The number of amides is 1. The third-order valence-electron chi connectivity index (χ3n) is 2.64. The number of nitrogens with zero attached hydrogens (tertiary/aromatic N) is 1. The zero-order valence-corrected chi connectivity index (χ0v) is 9.29. The highest BCUT2D eigenvalue weighted by Gasteiger charge is 2.26. The van der Waals surface area contributed by atoms with E-state index in [1.807, 2.05) is 4.90 Å². The summed E-state index contributed by atoms with van der Waals surface area (Å²) in [5, 5.41) is 0. The fourth-order valence-corrected chi connectivity index (χ4v) is 1.55. The molecule has 1 aliphatic carbocycles. The standard InChI is InChI=1S/C11H21NO2/c1-3-4-5-8-12(11(13)14-2)9-10-6-7-10/h10H,3-9H2,1-2H3. The third kappa shape index (κ3) is 3.99. The van der Waals surface area contributed by atoms with E-state index in [0.29, 0.717) is 0 Å². The first-order chi connectivity index (χ1) is 6.77. The smallest absolute Gasteiger partial charge is 0.409 e. The highest BCUT2D eigenvalue weighted by molar-refractivity contribution is 5.67. The first-order valence-corrected chi connectivity index (χ1v) is 5.60. The Morgan fingerprint density at radius 2 is 2.14 bits per heavy atom. The summed E-state index contributed by atoms with van der Waals surface area (Å²) < 4.78 is 4.76. The molecular weight excluding hydrogens is 178 g/mol. The quantitative estimate of drug-likeness (QED) is 0.615. The van der Waals surface area contributed by atoms with Crippen LogP contribution in [0.25, 0.3) is 0 Å². The number of carbonyl (C=O) groups is 1. The maximum absolute atomic E-state index is 11.4. The molecule has 3 nitrogen and oxygen atoms in total. The molecule has 0 aliphatic heterocycles. The fraction of sp³-hybridized carbons (Fsp3) is 0.909. The molecule has 0 aromatic rings. The minimum Gasteiger partial charge on any atom is -0.453 e. The molecule has 3 heteroatoms. The topological polar surface area (TPSA) is 29.5 Å². The van der Waals surface area contributed by atoms with Crippen LogP contribution >= 0.6 is 0 Å². The fourth-order valence-electron chi connectivity index (χ4n) is 1.55. The van der Waals surface area contributed by atoms with E-state index >= 15 is 0 Å². The van der Waals surface area contributed by atoms with Crippen LogP contribution in [0.4, 0.5) is 4.79 Å². The zero-order chi connectivity index (χ0) is 10.4. The van der Waals surface area contributed by atoms with Crippen molar-refractivity contribution in [1.29, 1.82) is 0 Å². The zero-order valence-electron chi connectivity index (χ0n) is 9.29. The molecule has 1 fully saturated rings. The highest BCUT2D eigenvalue weighted by atomic mass is 16.5. The Bertz CT molecular complexity index is 178. The number of carbonyl (C=O) groups excluding carboxylic acids is 1. The molecule has 0 bridgehead atoms. The van der Waals surface area contributed by atoms with Gasteiger partial charge in [0, 0.05) is 13.1 Å². The van der Waals surface area contributed by atoms with Crippen molar-refractivity contribution in [2.75, 3.05) is 20.2 Å². The summed E-state index contributed by atoms with van der Waals surface area (Å²) in [6.45, 7) is 3.93. The van der Waals surface area contributed by atoms with Crippen LogP contribution in [-0.4, -0.2) is 31.2 Å². The van der Waals surface area contributed by atoms with E-state index in [9.17, 15) is 4.79 Å². The molecule has 14 heavy (non-hydrogen) atoms. The van der Waals surface area contributed by atoms with Crippen LogP contribution in [0.2, 0.25) is 0 Å². The lowest BCUT2D eigenvalue weighted by Gasteiger charge is -2.20. The molecular formula is C11H21NO2. The number of unbranched alkanes of at least 4 members (excludes halogenated alkanes) is 2. The van der Waals surface area contributed by atoms with Gasteiger partial charge in [-0.05, 0) is 25.2 Å². The summed E-state index contributed by atoms with van der Waals surface area (Å²) in [6.07, 6.45) is 5.88. The van der Waals surface area contributed by atoms with Gasteiger partial charge < -0.3 is 9.64 Å². The SMILES string of the molecule is CCCCCN(CC1CC1)C(=O)OC. The molecule has 0 spiro atoms. The molecule has 0 unspecified atom stereocenters. The molecule has 0 heterocycles. The van der Waals surface area contributed by atoms with Crippen LogP contribution in [-0.2, 0) is 4.74 Å². The van der Waals surface area contributed by atoms with Gasteiger partial charge in [-0.1, -0.05) is 19.8 Å². The molecule has 1 aliphatic rings. The summed E-state index contributed by atoms with van der Waals surface area (Å²) >= 11 is 0. The number of ether oxygens (including phenoxy) is 1. The summed E-state index contributed by atoms with van der Waals surface area (Å²) in [5.74, 6) is 0.746. The van der Waals surface area contributed by atoms with Crippen molar-refractivity contribution in [3.05, 3.63) is 0 Å². The number of methoxy groups -OCH3 is 1. The Morgan fingerprint density at radius 3 is 2.64 bits per heavy atom. The lowest BCUT2D eigenvalue weighted by atomic mass is 10.2. The van der Waals surface area contributed by atoms with E-state index in [1.54, 1.807) is 0 Å². The average Bonchev–Trinajstić information content (AvgIpc) is 2.99. The van der Waals surface area contributed by atoms with Crippen molar-refractivity contribution in [2.45, 2.75) is 39.0 Å². The van der Waals surface area contributed by atoms with Crippen LogP contribution in [0.5, 0.6) is 0 Å². The van der Waals surface area contributed by atoms with E-state index in [0.717, 1.165) is 25.4 Å². The molecule has 82 valence electrons. The van der Waals surface area contributed by atoms with Gasteiger partial charge in [0.05, 0.1) is 7.11 Å². The van der Waals surface area contributed by atoms with Crippen molar-refractivity contribution in [3.8, 4) is 0 Å². The van der Waals surface area contributed by atoms with Crippen LogP contribution in [0.1, 0.15) is 39.0 Å². The second kappa shape index (κ2) is 5.89. The Labute approximate surface area is 86.4 Å². The van der Waals surface area contributed by atoms with Gasteiger partial charge in [0.2, 0.25) is 0 Å². The van der Waals surface area contributed by atoms with Gasteiger partial charge in [-0.25, -0.2) is 4.79 Å². The van der Waals surface area contributed by atoms with E-state index in [4.69, 9.17) is 4.74 Å². The monoisotopic (exact) mass is 199 g/mol. The van der Waals surface area contributed by atoms with E-state index < -0.39 is 0 Å². The van der Waals surface area contributed by atoms with E-state index in [2.05, 4.69) is 6.92 Å². The minimum atomic E-state index is -0.159. The average molecular weight is 199 g/mol. The molecule has 1 amide bonds. The number of rotatable bonds is 6. The second-order valence-corrected chi connectivity index (χ2v) is 4.07. The van der Waals surface area contributed by atoms with Crippen molar-refractivity contribution in [1.82, 2.24) is 4.90 Å². The summed E-state index contributed by atoms with van der Waals surface area (Å²) in [4.78, 5) is 13.2. The normalized spacial score (nSPS) is 15.3. The second-order valence-electron chi connectivity index (χ2n) is 4.07. The minimum absolute atomic E-state index is 0.159. The molecule has 0 radical (unpaired) electrons. The Morgan fingerprint density at radius 1 is 1.43 bits per heavy atom. The van der Waals surface area contributed by atoms with Crippen molar-refractivity contribution >= 4 is 6.09 Å². The van der Waals surface area contributed by atoms with E-state index in [-0.39, 0.29) is 6.09 Å². The lowest BCUT2D eigenvalue weighted by Crippen LogP contribution is -2.33. The van der Waals surface area contributed by atoms with Crippen LogP contribution in [0.15, 0.2) is 0 Å². The first kappa shape index (κ1) is 11.3. The molecule has 0 atom stereocenters. The predicted octanol–water partition coefficient (Wildman–Crippen LogP) is 2.66. The van der Waals surface area contributed by atoms with Gasteiger partial charge in [-0.3, -0.25) is 0 Å². The summed E-state index contributed by atoms with van der Waals surface area (Å²) in [7, 11) is 1.46. The Hall–Kier alpha value is -0.730. The van der Waals surface area contributed by atoms with Gasteiger partial charge in [-0.15, -0.1) is 0 Å². The Balaban J connectivity index is 2.23. The van der Waals surface area contributed by atoms with Gasteiger partial charge in [0.1, 0.15) is 0 Å². The molecule has 1 rings (SSSR count). The third-order valence-corrected chi connectivity index (χ3v) is 2.64. The van der Waals surface area contributed by atoms with E-state index in [1.165, 1.54) is 32.8 Å². The molecule has 0 N–H and O–H groups in total. The predicted molar refractivity (Wildman–Crippen MR) is 56.2 cm³/mol. The molecule has 0 aromatic carbocycles. The van der Waals surface area contributed by atoms with Gasteiger partial charge in [0.25, 0.3) is 0 Å². The molecule has 1 saturated carbocycles.